The predicted molar refractivity (Wildman–Crippen MR) is 101 cm³/mol. The summed E-state index contributed by atoms with van der Waals surface area (Å²) < 4.78 is 13.9. The highest BCUT2D eigenvalue weighted by Gasteiger charge is 2.39. The second-order valence-electron chi connectivity index (χ2n) is 7.85. The molecule has 0 unspecified atom stereocenters. The topological polar surface area (TPSA) is 69.5 Å². The van der Waals surface area contributed by atoms with Crippen molar-refractivity contribution in [3.05, 3.63) is 48.8 Å². The van der Waals surface area contributed by atoms with Crippen molar-refractivity contribution in [1.82, 2.24) is 19.4 Å². The number of likely N-dealkylation sites (tertiary alicyclic amines) is 1. The van der Waals surface area contributed by atoms with Crippen LogP contribution in [0.3, 0.4) is 0 Å². The molecule has 0 saturated carbocycles. The fraction of sp³-hybridized carbons (Fsp3) is 0.550. The molecule has 0 radical (unpaired) electrons. The van der Waals surface area contributed by atoms with Gasteiger partial charge in [0, 0.05) is 50.0 Å². The zero-order valence-corrected chi connectivity index (χ0v) is 16.3. The SMILES string of the molecule is CC(C)(C)OC(=O)N1CCC(OCCn2ccnc2)(c2cccnc2)CC1. The molecule has 146 valence electrons. The van der Waals surface area contributed by atoms with Crippen LogP contribution in [0.4, 0.5) is 4.79 Å². The number of carbonyl (C=O) groups excluding carboxylic acids is 1. The Hall–Kier alpha value is -2.41. The Balaban J connectivity index is 1.66. The van der Waals surface area contributed by atoms with Crippen LogP contribution in [0.25, 0.3) is 0 Å². The van der Waals surface area contributed by atoms with E-state index in [1.807, 2.05) is 49.9 Å². The van der Waals surface area contributed by atoms with E-state index in [1.54, 1.807) is 23.6 Å². The van der Waals surface area contributed by atoms with Crippen LogP contribution in [0, 0.1) is 0 Å². The van der Waals surface area contributed by atoms with Crippen LogP contribution < -0.4 is 0 Å². The first-order valence-corrected chi connectivity index (χ1v) is 9.36. The summed E-state index contributed by atoms with van der Waals surface area (Å²) >= 11 is 0. The van der Waals surface area contributed by atoms with Gasteiger partial charge in [0.05, 0.1) is 18.5 Å². The molecule has 0 N–H and O–H groups in total. The maximum atomic E-state index is 12.4. The predicted octanol–water partition coefficient (Wildman–Crippen LogP) is 3.22. The molecule has 1 aliphatic rings. The quantitative estimate of drug-likeness (QED) is 0.806. The van der Waals surface area contributed by atoms with Gasteiger partial charge in [0.15, 0.2) is 0 Å². The Bertz CT molecular complexity index is 717. The standard InChI is InChI=1S/C20H28N4O3/c1-19(2,3)27-18(25)24-10-6-20(7-11-24,17-5-4-8-21-15-17)26-14-13-23-12-9-22-16-23/h4-5,8-9,12,15-16H,6-7,10-11,13-14H2,1-3H3. The molecule has 27 heavy (non-hydrogen) atoms. The molecule has 1 aliphatic heterocycles. The van der Waals surface area contributed by atoms with Gasteiger partial charge >= 0.3 is 6.09 Å². The Morgan fingerprint density at radius 3 is 2.59 bits per heavy atom. The number of ether oxygens (including phenoxy) is 2. The van der Waals surface area contributed by atoms with E-state index < -0.39 is 11.2 Å². The number of piperidine rings is 1. The molecule has 0 spiro atoms. The molecule has 0 aromatic carbocycles. The van der Waals surface area contributed by atoms with Crippen LogP contribution in [-0.2, 0) is 21.6 Å². The van der Waals surface area contributed by atoms with E-state index in [1.165, 1.54) is 0 Å². The molecule has 1 fully saturated rings. The molecule has 7 nitrogen and oxygen atoms in total. The van der Waals surface area contributed by atoms with E-state index in [9.17, 15) is 4.79 Å². The summed E-state index contributed by atoms with van der Waals surface area (Å²) in [5.41, 5.74) is 0.128. The monoisotopic (exact) mass is 372 g/mol. The van der Waals surface area contributed by atoms with Crippen LogP contribution in [0.15, 0.2) is 43.2 Å². The van der Waals surface area contributed by atoms with Crippen molar-refractivity contribution in [2.24, 2.45) is 0 Å². The number of nitrogens with zero attached hydrogens (tertiary/aromatic N) is 4. The Labute approximate surface area is 160 Å². The third-order valence-corrected chi connectivity index (χ3v) is 4.70. The first kappa shape index (κ1) is 19.4. The van der Waals surface area contributed by atoms with E-state index in [-0.39, 0.29) is 6.09 Å². The molecule has 0 atom stereocenters. The Morgan fingerprint density at radius 1 is 1.22 bits per heavy atom. The van der Waals surface area contributed by atoms with Gasteiger partial charge < -0.3 is 18.9 Å². The van der Waals surface area contributed by atoms with Gasteiger partial charge in [-0.15, -0.1) is 0 Å². The minimum atomic E-state index is -0.490. The van der Waals surface area contributed by atoms with Crippen molar-refractivity contribution in [2.45, 2.75) is 51.4 Å². The first-order valence-electron chi connectivity index (χ1n) is 9.36. The highest BCUT2D eigenvalue weighted by atomic mass is 16.6. The van der Waals surface area contributed by atoms with Crippen molar-refractivity contribution in [1.29, 1.82) is 0 Å². The van der Waals surface area contributed by atoms with Crippen molar-refractivity contribution >= 4 is 6.09 Å². The van der Waals surface area contributed by atoms with Gasteiger partial charge in [-0.2, -0.15) is 0 Å². The van der Waals surface area contributed by atoms with Crippen molar-refractivity contribution in [3.8, 4) is 0 Å². The maximum absolute atomic E-state index is 12.4. The lowest BCUT2D eigenvalue weighted by molar-refractivity contribution is -0.0925. The second-order valence-corrected chi connectivity index (χ2v) is 7.85. The molecule has 1 amide bonds. The van der Waals surface area contributed by atoms with E-state index in [0.29, 0.717) is 32.5 Å². The minimum Gasteiger partial charge on any atom is -0.444 e. The number of carbonyl (C=O) groups is 1. The summed E-state index contributed by atoms with van der Waals surface area (Å²) in [5.74, 6) is 0. The van der Waals surface area contributed by atoms with E-state index >= 15 is 0 Å². The molecule has 1 saturated heterocycles. The Morgan fingerprint density at radius 2 is 2.00 bits per heavy atom. The van der Waals surface area contributed by atoms with Crippen LogP contribution in [0.1, 0.15) is 39.2 Å². The van der Waals surface area contributed by atoms with Gasteiger partial charge in [0.25, 0.3) is 0 Å². The number of rotatable bonds is 5. The van der Waals surface area contributed by atoms with Gasteiger partial charge in [-0.3, -0.25) is 4.98 Å². The molecular formula is C20H28N4O3. The summed E-state index contributed by atoms with van der Waals surface area (Å²) in [5, 5.41) is 0. The molecule has 0 aliphatic carbocycles. The summed E-state index contributed by atoms with van der Waals surface area (Å²) in [6.45, 7) is 8.13. The van der Waals surface area contributed by atoms with Crippen LogP contribution in [-0.4, -0.2) is 50.8 Å². The minimum absolute atomic E-state index is 0.263. The number of imidazole rings is 1. The normalized spacial score (nSPS) is 16.9. The smallest absolute Gasteiger partial charge is 0.410 e. The average molecular weight is 372 g/mol. The fourth-order valence-corrected chi connectivity index (χ4v) is 3.29. The lowest BCUT2D eigenvalue weighted by atomic mass is 9.85. The number of aromatic nitrogens is 3. The summed E-state index contributed by atoms with van der Waals surface area (Å²) in [6.07, 6.45) is 10.2. The molecular weight excluding hydrogens is 344 g/mol. The summed E-state index contributed by atoms with van der Waals surface area (Å²) in [4.78, 5) is 22.5. The third kappa shape index (κ3) is 5.07. The van der Waals surface area contributed by atoms with Gasteiger partial charge in [-0.25, -0.2) is 9.78 Å². The van der Waals surface area contributed by atoms with Crippen molar-refractivity contribution in [3.63, 3.8) is 0 Å². The van der Waals surface area contributed by atoms with Crippen LogP contribution in [0.2, 0.25) is 0 Å². The van der Waals surface area contributed by atoms with E-state index in [4.69, 9.17) is 9.47 Å². The van der Waals surface area contributed by atoms with Crippen LogP contribution in [0.5, 0.6) is 0 Å². The molecule has 3 rings (SSSR count). The molecule has 0 bridgehead atoms. The first-order chi connectivity index (χ1) is 12.9. The van der Waals surface area contributed by atoms with E-state index in [0.717, 1.165) is 12.1 Å². The lowest BCUT2D eigenvalue weighted by Gasteiger charge is -2.42. The molecule has 2 aromatic rings. The lowest BCUT2D eigenvalue weighted by Crippen LogP contribution is -2.48. The summed E-state index contributed by atoms with van der Waals surface area (Å²) in [7, 11) is 0. The molecule has 2 aromatic heterocycles. The largest absolute Gasteiger partial charge is 0.444 e. The van der Waals surface area contributed by atoms with Gasteiger partial charge in [0.2, 0.25) is 0 Å². The molecule has 3 heterocycles. The third-order valence-electron chi connectivity index (χ3n) is 4.70. The number of amides is 1. The van der Waals surface area contributed by atoms with Crippen molar-refractivity contribution < 1.29 is 14.3 Å². The fourth-order valence-electron chi connectivity index (χ4n) is 3.29. The van der Waals surface area contributed by atoms with Gasteiger partial charge in [0.1, 0.15) is 5.60 Å². The zero-order chi connectivity index (χ0) is 19.3. The molecule has 7 heteroatoms. The van der Waals surface area contributed by atoms with Gasteiger partial charge in [-0.1, -0.05) is 6.07 Å². The van der Waals surface area contributed by atoms with Crippen LogP contribution >= 0.6 is 0 Å². The number of hydrogen-bond donors (Lipinski definition) is 0. The number of pyridine rings is 1. The highest BCUT2D eigenvalue weighted by molar-refractivity contribution is 5.68. The highest BCUT2D eigenvalue weighted by Crippen LogP contribution is 2.36. The zero-order valence-electron chi connectivity index (χ0n) is 16.3. The van der Waals surface area contributed by atoms with Crippen molar-refractivity contribution in [2.75, 3.05) is 19.7 Å². The average Bonchev–Trinajstić information content (AvgIpc) is 3.15. The maximum Gasteiger partial charge on any atom is 0.410 e. The summed E-state index contributed by atoms with van der Waals surface area (Å²) in [6, 6.07) is 3.98. The van der Waals surface area contributed by atoms with E-state index in [2.05, 4.69) is 9.97 Å². The Kier molecular flexibility index (Phi) is 5.79. The number of hydrogen-bond acceptors (Lipinski definition) is 5. The van der Waals surface area contributed by atoms with Gasteiger partial charge in [-0.05, 0) is 39.7 Å². The second kappa shape index (κ2) is 8.08.